The van der Waals surface area contributed by atoms with E-state index < -0.39 is 0 Å². The fourth-order valence-corrected chi connectivity index (χ4v) is 3.24. The Hall–Kier alpha value is -1.81. The maximum absolute atomic E-state index is 12.7. The van der Waals surface area contributed by atoms with Crippen molar-refractivity contribution < 1.29 is 4.79 Å². The SMILES string of the molecule is CSc1ccccc1C(=O)N[C@@H](c1cc(C)ccn1)C1CC1. The summed E-state index contributed by atoms with van der Waals surface area (Å²) in [6.45, 7) is 2.06. The number of hydrogen-bond acceptors (Lipinski definition) is 3. The average Bonchev–Trinajstić information content (AvgIpc) is 3.37. The Morgan fingerprint density at radius 3 is 2.77 bits per heavy atom. The molecule has 1 amide bonds. The molecule has 0 unspecified atom stereocenters. The molecule has 1 fully saturated rings. The van der Waals surface area contributed by atoms with Gasteiger partial charge in [-0.2, -0.15) is 0 Å². The second-order valence-corrected chi connectivity index (χ2v) is 6.59. The van der Waals surface area contributed by atoms with E-state index in [2.05, 4.69) is 23.3 Å². The summed E-state index contributed by atoms with van der Waals surface area (Å²) in [5, 5.41) is 3.20. The van der Waals surface area contributed by atoms with Crippen molar-refractivity contribution in [1.29, 1.82) is 0 Å². The highest BCUT2D eigenvalue weighted by Crippen LogP contribution is 2.40. The Labute approximate surface area is 135 Å². The fraction of sp³-hybridized carbons (Fsp3) is 0.333. The number of thioether (sulfide) groups is 1. The van der Waals surface area contributed by atoms with Gasteiger partial charge in [-0.15, -0.1) is 11.8 Å². The summed E-state index contributed by atoms with van der Waals surface area (Å²) in [7, 11) is 0. The molecule has 0 aliphatic heterocycles. The molecule has 1 N–H and O–H groups in total. The molecule has 22 heavy (non-hydrogen) atoms. The predicted molar refractivity (Wildman–Crippen MR) is 90.1 cm³/mol. The zero-order chi connectivity index (χ0) is 15.5. The van der Waals surface area contributed by atoms with Crippen molar-refractivity contribution in [2.45, 2.75) is 30.7 Å². The van der Waals surface area contributed by atoms with Crippen LogP contribution in [0.2, 0.25) is 0 Å². The normalized spacial score (nSPS) is 15.4. The number of aryl methyl sites for hydroxylation is 1. The van der Waals surface area contributed by atoms with Crippen molar-refractivity contribution in [3.63, 3.8) is 0 Å². The molecule has 0 saturated heterocycles. The van der Waals surface area contributed by atoms with Gasteiger partial charge >= 0.3 is 0 Å². The molecule has 2 aromatic rings. The average molecular weight is 312 g/mol. The first-order chi connectivity index (χ1) is 10.7. The molecular weight excluding hydrogens is 292 g/mol. The van der Waals surface area contributed by atoms with Crippen LogP contribution in [-0.4, -0.2) is 17.1 Å². The van der Waals surface area contributed by atoms with Crippen LogP contribution >= 0.6 is 11.8 Å². The van der Waals surface area contributed by atoms with Gasteiger partial charge in [0, 0.05) is 11.1 Å². The lowest BCUT2D eigenvalue weighted by molar-refractivity contribution is 0.0927. The van der Waals surface area contributed by atoms with Crippen LogP contribution < -0.4 is 5.32 Å². The highest BCUT2D eigenvalue weighted by molar-refractivity contribution is 7.98. The van der Waals surface area contributed by atoms with Gasteiger partial charge in [0.25, 0.3) is 5.91 Å². The molecule has 0 bridgehead atoms. The summed E-state index contributed by atoms with van der Waals surface area (Å²) in [6.07, 6.45) is 6.13. The number of benzene rings is 1. The van der Waals surface area contributed by atoms with Gasteiger partial charge in [-0.3, -0.25) is 9.78 Å². The lowest BCUT2D eigenvalue weighted by Crippen LogP contribution is -2.30. The van der Waals surface area contributed by atoms with E-state index >= 15 is 0 Å². The van der Waals surface area contributed by atoms with Gasteiger partial charge < -0.3 is 5.32 Å². The molecule has 3 nitrogen and oxygen atoms in total. The third kappa shape index (κ3) is 3.33. The minimum Gasteiger partial charge on any atom is -0.343 e. The van der Waals surface area contributed by atoms with E-state index in [0.717, 1.165) is 29.0 Å². The first kappa shape index (κ1) is 15.1. The lowest BCUT2D eigenvalue weighted by Gasteiger charge is -2.19. The maximum Gasteiger partial charge on any atom is 0.252 e. The van der Waals surface area contributed by atoms with Crippen LogP contribution in [0.5, 0.6) is 0 Å². The van der Waals surface area contributed by atoms with Crippen molar-refractivity contribution in [3.05, 3.63) is 59.4 Å². The van der Waals surface area contributed by atoms with Crippen LogP contribution in [0, 0.1) is 12.8 Å². The molecule has 0 radical (unpaired) electrons. The number of amides is 1. The number of rotatable bonds is 5. The number of nitrogens with zero attached hydrogens (tertiary/aromatic N) is 1. The molecule has 1 saturated carbocycles. The highest BCUT2D eigenvalue weighted by atomic mass is 32.2. The zero-order valence-corrected chi connectivity index (χ0v) is 13.7. The Balaban J connectivity index is 1.84. The number of aromatic nitrogens is 1. The van der Waals surface area contributed by atoms with Crippen LogP contribution in [0.1, 0.15) is 40.5 Å². The number of nitrogens with one attached hydrogen (secondary N) is 1. The van der Waals surface area contributed by atoms with E-state index in [4.69, 9.17) is 0 Å². The standard InChI is InChI=1S/C18H20N2OS/c1-12-9-10-19-15(11-12)17(13-7-8-13)20-18(21)14-5-3-4-6-16(14)22-2/h3-6,9-11,13,17H,7-8H2,1-2H3,(H,20,21)/t17-/m1/s1. The second kappa shape index (κ2) is 6.53. The fourth-order valence-electron chi connectivity index (χ4n) is 2.64. The maximum atomic E-state index is 12.7. The Morgan fingerprint density at radius 2 is 2.09 bits per heavy atom. The lowest BCUT2D eigenvalue weighted by atomic mass is 10.1. The molecule has 1 aromatic heterocycles. The van der Waals surface area contributed by atoms with Crippen molar-refractivity contribution in [3.8, 4) is 0 Å². The van der Waals surface area contributed by atoms with Gasteiger partial charge in [0.15, 0.2) is 0 Å². The first-order valence-corrected chi connectivity index (χ1v) is 8.78. The number of carbonyl (C=O) groups is 1. The van der Waals surface area contributed by atoms with Gasteiger partial charge in [-0.1, -0.05) is 12.1 Å². The quantitative estimate of drug-likeness (QED) is 0.849. The number of carbonyl (C=O) groups excluding carboxylic acids is 1. The third-order valence-electron chi connectivity index (χ3n) is 3.99. The van der Waals surface area contributed by atoms with Crippen molar-refractivity contribution >= 4 is 17.7 Å². The van der Waals surface area contributed by atoms with Gasteiger partial charge in [0.05, 0.1) is 17.3 Å². The summed E-state index contributed by atoms with van der Waals surface area (Å²) in [5.41, 5.74) is 2.89. The number of pyridine rings is 1. The molecule has 1 heterocycles. The summed E-state index contributed by atoms with van der Waals surface area (Å²) >= 11 is 1.60. The molecule has 114 valence electrons. The molecule has 1 aliphatic rings. The summed E-state index contributed by atoms with van der Waals surface area (Å²) in [6, 6.07) is 11.8. The Kier molecular flexibility index (Phi) is 4.48. The third-order valence-corrected chi connectivity index (χ3v) is 4.78. The van der Waals surface area contributed by atoms with E-state index in [-0.39, 0.29) is 11.9 Å². The van der Waals surface area contributed by atoms with Crippen molar-refractivity contribution in [1.82, 2.24) is 10.3 Å². The Morgan fingerprint density at radius 1 is 1.32 bits per heavy atom. The van der Waals surface area contributed by atoms with Crippen LogP contribution in [0.15, 0.2) is 47.5 Å². The van der Waals surface area contributed by atoms with Gasteiger partial charge in [-0.25, -0.2) is 0 Å². The first-order valence-electron chi connectivity index (χ1n) is 7.55. The molecule has 1 aromatic carbocycles. The van der Waals surface area contributed by atoms with Crippen LogP contribution in [0.4, 0.5) is 0 Å². The van der Waals surface area contributed by atoms with Gasteiger partial charge in [0.2, 0.25) is 0 Å². The second-order valence-electron chi connectivity index (χ2n) is 5.75. The van der Waals surface area contributed by atoms with Crippen molar-refractivity contribution in [2.24, 2.45) is 5.92 Å². The van der Waals surface area contributed by atoms with Crippen LogP contribution in [-0.2, 0) is 0 Å². The smallest absolute Gasteiger partial charge is 0.252 e. The number of hydrogen-bond donors (Lipinski definition) is 1. The summed E-state index contributed by atoms with van der Waals surface area (Å²) < 4.78 is 0. The minimum atomic E-state index is -0.00911. The zero-order valence-electron chi connectivity index (χ0n) is 12.9. The van der Waals surface area contributed by atoms with Gasteiger partial charge in [0.1, 0.15) is 0 Å². The molecule has 3 rings (SSSR count). The molecule has 1 atom stereocenters. The molecule has 1 aliphatic carbocycles. The largest absolute Gasteiger partial charge is 0.343 e. The van der Waals surface area contributed by atoms with E-state index in [1.807, 2.05) is 42.8 Å². The topological polar surface area (TPSA) is 42.0 Å². The van der Waals surface area contributed by atoms with Crippen molar-refractivity contribution in [2.75, 3.05) is 6.26 Å². The van der Waals surface area contributed by atoms with E-state index in [0.29, 0.717) is 5.92 Å². The van der Waals surface area contributed by atoms with Crippen LogP contribution in [0.25, 0.3) is 0 Å². The molecule has 4 heteroatoms. The summed E-state index contributed by atoms with van der Waals surface area (Å²) in [4.78, 5) is 18.1. The van der Waals surface area contributed by atoms with Crippen LogP contribution in [0.3, 0.4) is 0 Å². The highest BCUT2D eigenvalue weighted by Gasteiger charge is 2.34. The van der Waals surface area contributed by atoms with Gasteiger partial charge in [-0.05, 0) is 61.8 Å². The van der Waals surface area contributed by atoms with E-state index in [9.17, 15) is 4.79 Å². The molecule has 0 spiro atoms. The predicted octanol–water partition coefficient (Wildman–Crippen LogP) is 3.99. The van der Waals surface area contributed by atoms with E-state index in [1.165, 1.54) is 5.56 Å². The molecular formula is C18H20N2OS. The summed E-state index contributed by atoms with van der Waals surface area (Å²) in [5.74, 6) is 0.504. The monoisotopic (exact) mass is 312 g/mol. The minimum absolute atomic E-state index is 0.00911. The Bertz CT molecular complexity index is 682. The van der Waals surface area contributed by atoms with E-state index in [1.54, 1.807) is 11.8 Å².